The summed E-state index contributed by atoms with van der Waals surface area (Å²) >= 11 is 0. The Balaban J connectivity index is 2.09. The molecule has 1 N–H and O–H groups in total. The molecule has 6 heteroatoms. The largest absolute Gasteiger partial charge is 0.355 e. The van der Waals surface area contributed by atoms with E-state index in [1.54, 1.807) is 30.3 Å². The van der Waals surface area contributed by atoms with Crippen molar-refractivity contribution in [2.24, 2.45) is 0 Å². The highest BCUT2D eigenvalue weighted by Gasteiger charge is 2.15. The Bertz CT molecular complexity index is 819. The molecule has 3 aromatic rings. The lowest BCUT2D eigenvalue weighted by Crippen LogP contribution is -1.96. The minimum Gasteiger partial charge on any atom is -0.355 e. The van der Waals surface area contributed by atoms with Gasteiger partial charge in [0.15, 0.2) is 0 Å². The molecule has 1 heterocycles. The van der Waals surface area contributed by atoms with Gasteiger partial charge in [-0.05, 0) is 42.5 Å². The lowest BCUT2D eigenvalue weighted by Gasteiger charge is -2.09. The number of non-ortho nitro benzene ring substituents is 1. The maximum Gasteiger partial charge on any atom is 0.295 e. The molecule has 3 rings (SSSR count). The molecule has 0 saturated carbocycles. The smallest absolute Gasteiger partial charge is 0.295 e. The van der Waals surface area contributed by atoms with Crippen molar-refractivity contribution < 1.29 is 9.31 Å². The van der Waals surface area contributed by atoms with Crippen LogP contribution in [0.1, 0.15) is 0 Å². The fraction of sp³-hybridized carbons (Fsp3) is 0. The highest BCUT2D eigenvalue weighted by Crippen LogP contribution is 2.31. The fourth-order valence-corrected chi connectivity index (χ4v) is 2.10. The number of nitro benzene ring substituents is 1. The van der Waals surface area contributed by atoms with Crippen molar-refractivity contribution in [3.8, 4) is 0 Å². The van der Waals surface area contributed by atoms with Crippen molar-refractivity contribution in [2.45, 2.75) is 0 Å². The third kappa shape index (κ3) is 2.51. The number of hydrogen-bond donors (Lipinski definition) is 1. The summed E-state index contributed by atoms with van der Waals surface area (Å²) in [5, 5.41) is 14.8. The molecule has 0 aliphatic carbocycles. The molecule has 104 valence electrons. The second-order valence-electron chi connectivity index (χ2n) is 4.42. The fourth-order valence-electron chi connectivity index (χ4n) is 2.10. The van der Waals surface area contributed by atoms with Gasteiger partial charge in [-0.25, -0.2) is 9.37 Å². The van der Waals surface area contributed by atoms with Gasteiger partial charge in [-0.2, -0.15) is 0 Å². The molecule has 0 aliphatic rings. The number of anilines is 2. The van der Waals surface area contributed by atoms with E-state index in [1.807, 2.05) is 0 Å². The zero-order valence-corrected chi connectivity index (χ0v) is 10.8. The Morgan fingerprint density at radius 3 is 2.57 bits per heavy atom. The molecule has 0 amide bonds. The van der Waals surface area contributed by atoms with E-state index in [1.165, 1.54) is 24.4 Å². The first-order chi connectivity index (χ1) is 10.1. The average Bonchev–Trinajstić information content (AvgIpc) is 2.49. The number of pyridine rings is 1. The molecule has 0 unspecified atom stereocenters. The van der Waals surface area contributed by atoms with E-state index >= 15 is 0 Å². The summed E-state index contributed by atoms with van der Waals surface area (Å²) in [6.45, 7) is 0. The molecule has 21 heavy (non-hydrogen) atoms. The van der Waals surface area contributed by atoms with Crippen molar-refractivity contribution in [3.05, 3.63) is 70.7 Å². The summed E-state index contributed by atoms with van der Waals surface area (Å²) in [5.41, 5.74) is 1.63. The van der Waals surface area contributed by atoms with Gasteiger partial charge in [-0.1, -0.05) is 0 Å². The summed E-state index contributed by atoms with van der Waals surface area (Å²) < 4.78 is 12.9. The first-order valence-corrected chi connectivity index (χ1v) is 6.20. The lowest BCUT2D eigenvalue weighted by molar-refractivity contribution is -0.383. The predicted octanol–water partition coefficient (Wildman–Crippen LogP) is 4.03. The molecule has 0 radical (unpaired) electrons. The number of nitro groups is 1. The highest BCUT2D eigenvalue weighted by atomic mass is 19.1. The van der Waals surface area contributed by atoms with Crippen LogP contribution in [-0.2, 0) is 0 Å². The van der Waals surface area contributed by atoms with Gasteiger partial charge >= 0.3 is 0 Å². The van der Waals surface area contributed by atoms with Gasteiger partial charge in [0.2, 0.25) is 0 Å². The molecule has 0 aliphatic heterocycles. The van der Waals surface area contributed by atoms with Gasteiger partial charge in [0.25, 0.3) is 5.69 Å². The molecule has 5 nitrogen and oxygen atoms in total. The van der Waals surface area contributed by atoms with Gasteiger partial charge in [-0.3, -0.25) is 10.1 Å². The molecule has 0 saturated heterocycles. The molecular weight excluding hydrogens is 273 g/mol. The van der Waals surface area contributed by atoms with Gasteiger partial charge in [0, 0.05) is 29.0 Å². The predicted molar refractivity (Wildman–Crippen MR) is 78.1 cm³/mol. The Morgan fingerprint density at radius 2 is 1.86 bits per heavy atom. The van der Waals surface area contributed by atoms with Crippen molar-refractivity contribution in [1.82, 2.24) is 4.98 Å². The first-order valence-electron chi connectivity index (χ1n) is 6.20. The van der Waals surface area contributed by atoms with Gasteiger partial charge in [-0.15, -0.1) is 0 Å². The summed E-state index contributed by atoms with van der Waals surface area (Å²) in [4.78, 5) is 14.6. The molecular formula is C15H10FN3O2. The Kier molecular flexibility index (Phi) is 3.19. The number of rotatable bonds is 3. The second-order valence-corrected chi connectivity index (χ2v) is 4.42. The number of benzene rings is 2. The topological polar surface area (TPSA) is 68.1 Å². The molecule has 0 bridgehead atoms. The van der Waals surface area contributed by atoms with E-state index in [2.05, 4.69) is 10.3 Å². The minimum atomic E-state index is -0.461. The van der Waals surface area contributed by atoms with E-state index < -0.39 is 4.92 Å². The van der Waals surface area contributed by atoms with Crippen molar-refractivity contribution >= 4 is 28.0 Å². The van der Waals surface area contributed by atoms with Gasteiger partial charge < -0.3 is 5.32 Å². The maximum atomic E-state index is 12.9. The van der Waals surface area contributed by atoms with Crippen LogP contribution in [0.4, 0.5) is 21.5 Å². The summed E-state index contributed by atoms with van der Waals surface area (Å²) in [6, 6.07) is 12.4. The first kappa shape index (κ1) is 13.0. The summed E-state index contributed by atoms with van der Waals surface area (Å²) in [7, 11) is 0. The normalized spacial score (nSPS) is 10.5. The zero-order chi connectivity index (χ0) is 14.8. The zero-order valence-electron chi connectivity index (χ0n) is 10.8. The van der Waals surface area contributed by atoms with E-state index in [9.17, 15) is 14.5 Å². The molecule has 0 spiro atoms. The third-order valence-electron chi connectivity index (χ3n) is 3.07. The molecule has 1 aromatic heterocycles. The number of fused-ring (bicyclic) bond motifs is 1. The van der Waals surface area contributed by atoms with Crippen LogP contribution in [0.3, 0.4) is 0 Å². The molecule has 0 fully saturated rings. The monoisotopic (exact) mass is 283 g/mol. The van der Waals surface area contributed by atoms with Crippen LogP contribution >= 0.6 is 0 Å². The van der Waals surface area contributed by atoms with Crippen LogP contribution in [0.5, 0.6) is 0 Å². The van der Waals surface area contributed by atoms with Crippen LogP contribution in [0.2, 0.25) is 0 Å². The number of aromatic nitrogens is 1. The SMILES string of the molecule is O=[N+]([O-])c1ccc(Nc2ccc(F)cc2)c2cccnc12. The van der Waals surface area contributed by atoms with Crippen LogP contribution in [-0.4, -0.2) is 9.91 Å². The number of nitrogens with zero attached hydrogens (tertiary/aromatic N) is 2. The van der Waals surface area contributed by atoms with Crippen molar-refractivity contribution in [1.29, 1.82) is 0 Å². The maximum absolute atomic E-state index is 12.9. The molecule has 0 atom stereocenters. The number of nitrogens with one attached hydrogen (secondary N) is 1. The highest BCUT2D eigenvalue weighted by molar-refractivity contribution is 5.98. The number of hydrogen-bond acceptors (Lipinski definition) is 4. The summed E-state index contributed by atoms with van der Waals surface area (Å²) in [6.07, 6.45) is 1.51. The third-order valence-corrected chi connectivity index (χ3v) is 3.07. The van der Waals surface area contributed by atoms with Crippen LogP contribution in [0.25, 0.3) is 10.9 Å². The van der Waals surface area contributed by atoms with Gasteiger partial charge in [0.05, 0.1) is 4.92 Å². The standard InChI is InChI=1S/C15H10FN3O2/c16-10-3-5-11(6-4-10)18-13-7-8-14(19(20)21)15-12(13)2-1-9-17-15/h1-9,18H. The van der Waals surface area contributed by atoms with E-state index in [0.717, 1.165) is 0 Å². The van der Waals surface area contributed by atoms with Crippen molar-refractivity contribution in [2.75, 3.05) is 5.32 Å². The van der Waals surface area contributed by atoms with Crippen molar-refractivity contribution in [3.63, 3.8) is 0 Å². The van der Waals surface area contributed by atoms with E-state index in [0.29, 0.717) is 22.3 Å². The Hall–Kier alpha value is -3.02. The van der Waals surface area contributed by atoms with E-state index in [4.69, 9.17) is 0 Å². The molecule has 2 aromatic carbocycles. The quantitative estimate of drug-likeness (QED) is 0.582. The van der Waals surface area contributed by atoms with Crippen LogP contribution < -0.4 is 5.32 Å². The average molecular weight is 283 g/mol. The minimum absolute atomic E-state index is 0.0461. The Morgan fingerprint density at radius 1 is 1.10 bits per heavy atom. The number of halogens is 1. The Labute approximate surface area is 119 Å². The van der Waals surface area contributed by atoms with Crippen LogP contribution in [0.15, 0.2) is 54.7 Å². The van der Waals surface area contributed by atoms with E-state index in [-0.39, 0.29) is 11.5 Å². The second kappa shape index (κ2) is 5.16. The summed E-state index contributed by atoms with van der Waals surface area (Å²) in [5.74, 6) is -0.323. The van der Waals surface area contributed by atoms with Crippen LogP contribution in [0, 0.1) is 15.9 Å². The lowest BCUT2D eigenvalue weighted by atomic mass is 10.1. The van der Waals surface area contributed by atoms with Gasteiger partial charge in [0.1, 0.15) is 11.3 Å².